The van der Waals surface area contributed by atoms with Gasteiger partial charge in [0.15, 0.2) is 18.2 Å². The largest absolute Gasteiger partial charge is 0.748 e. The number of aryl methyl sites for hydroxylation is 3. The van der Waals surface area contributed by atoms with Crippen LogP contribution in [0.5, 0.6) is 0 Å². The second kappa shape index (κ2) is 7.39. The van der Waals surface area contributed by atoms with E-state index in [4.69, 9.17) is 4.42 Å². The summed E-state index contributed by atoms with van der Waals surface area (Å²) in [4.78, 5) is 4.36. The molecule has 0 aliphatic heterocycles. The van der Waals surface area contributed by atoms with Crippen molar-refractivity contribution in [3.63, 3.8) is 0 Å². The third-order valence-corrected chi connectivity index (χ3v) is 5.03. The highest BCUT2D eigenvalue weighted by Crippen LogP contribution is 2.26. The second-order valence-electron chi connectivity index (χ2n) is 6.27. The SMILES string of the molecule is Cc1ccc(-c2ncc(-c3cc[n+](CCCS(=O)(=O)[O-])cc3)o2)cc1C. The number of benzene rings is 1. The molecule has 7 heteroatoms. The lowest BCUT2D eigenvalue weighted by Gasteiger charge is -2.04. The fraction of sp³-hybridized carbons (Fsp3) is 0.263. The van der Waals surface area contributed by atoms with E-state index < -0.39 is 10.1 Å². The summed E-state index contributed by atoms with van der Waals surface area (Å²) in [5, 5.41) is 0. The van der Waals surface area contributed by atoms with E-state index >= 15 is 0 Å². The Kier molecular flexibility index (Phi) is 5.20. The van der Waals surface area contributed by atoms with Gasteiger partial charge in [-0.1, -0.05) is 6.07 Å². The van der Waals surface area contributed by atoms with Crippen molar-refractivity contribution in [2.45, 2.75) is 26.8 Å². The van der Waals surface area contributed by atoms with Gasteiger partial charge in [-0.05, 0) is 37.1 Å². The maximum atomic E-state index is 10.6. The summed E-state index contributed by atoms with van der Waals surface area (Å²) in [6.45, 7) is 4.58. The van der Waals surface area contributed by atoms with Gasteiger partial charge in [-0.3, -0.25) is 0 Å². The number of aromatic nitrogens is 2. The standard InChI is InChI=1S/C19H20N2O4S/c1-14-4-5-17(12-15(14)2)19-20-13-18(25-19)16-6-9-21(10-7-16)8-3-11-26(22,23)24/h4-7,9-10,12-13H,3,8,11H2,1-2H3. The van der Waals surface area contributed by atoms with Crippen molar-refractivity contribution in [2.24, 2.45) is 0 Å². The van der Waals surface area contributed by atoms with Gasteiger partial charge in [-0.2, -0.15) is 0 Å². The lowest BCUT2D eigenvalue weighted by molar-refractivity contribution is -0.696. The predicted molar refractivity (Wildman–Crippen MR) is 96.2 cm³/mol. The maximum Gasteiger partial charge on any atom is 0.226 e. The number of nitrogens with zero attached hydrogens (tertiary/aromatic N) is 2. The normalized spacial score (nSPS) is 11.7. The lowest BCUT2D eigenvalue weighted by Crippen LogP contribution is -2.33. The average Bonchev–Trinajstić information content (AvgIpc) is 3.07. The van der Waals surface area contributed by atoms with Crippen LogP contribution in [-0.2, 0) is 16.7 Å². The number of hydrogen-bond donors (Lipinski definition) is 0. The van der Waals surface area contributed by atoms with Crippen LogP contribution in [0.2, 0.25) is 0 Å². The van der Waals surface area contributed by atoms with Crippen molar-refractivity contribution < 1.29 is 22.0 Å². The van der Waals surface area contributed by atoms with Gasteiger partial charge < -0.3 is 8.97 Å². The van der Waals surface area contributed by atoms with Crippen LogP contribution < -0.4 is 4.57 Å². The van der Waals surface area contributed by atoms with Gasteiger partial charge in [0.05, 0.1) is 16.3 Å². The van der Waals surface area contributed by atoms with Gasteiger partial charge in [0.2, 0.25) is 5.89 Å². The first-order chi connectivity index (χ1) is 12.3. The van der Waals surface area contributed by atoms with E-state index in [-0.39, 0.29) is 12.2 Å². The van der Waals surface area contributed by atoms with Gasteiger partial charge in [0.25, 0.3) is 0 Å². The van der Waals surface area contributed by atoms with Crippen molar-refractivity contribution in [1.29, 1.82) is 0 Å². The van der Waals surface area contributed by atoms with Gasteiger partial charge in [-0.15, -0.1) is 0 Å². The Balaban J connectivity index is 1.72. The Bertz CT molecular complexity index is 1010. The molecule has 0 spiro atoms. The van der Waals surface area contributed by atoms with Gasteiger partial charge in [0.1, 0.15) is 6.54 Å². The first-order valence-electron chi connectivity index (χ1n) is 8.28. The Hall–Kier alpha value is -2.51. The summed E-state index contributed by atoms with van der Waals surface area (Å²) in [5.74, 6) is 0.872. The molecule has 0 fully saturated rings. The quantitative estimate of drug-likeness (QED) is 0.490. The molecule has 0 bridgehead atoms. The molecule has 3 aromatic rings. The minimum Gasteiger partial charge on any atom is -0.748 e. The monoisotopic (exact) mass is 372 g/mol. The highest BCUT2D eigenvalue weighted by molar-refractivity contribution is 7.85. The molecule has 26 heavy (non-hydrogen) atoms. The first-order valence-corrected chi connectivity index (χ1v) is 9.86. The lowest BCUT2D eigenvalue weighted by atomic mass is 10.1. The summed E-state index contributed by atoms with van der Waals surface area (Å²) in [7, 11) is -4.16. The summed E-state index contributed by atoms with van der Waals surface area (Å²) in [5.41, 5.74) is 4.21. The van der Waals surface area contributed by atoms with Crippen LogP contribution in [0.4, 0.5) is 0 Å². The van der Waals surface area contributed by atoms with Crippen LogP contribution in [0.3, 0.4) is 0 Å². The number of rotatable bonds is 6. The topological polar surface area (TPSA) is 87.1 Å². The van der Waals surface area contributed by atoms with E-state index in [9.17, 15) is 13.0 Å². The molecule has 0 aliphatic rings. The fourth-order valence-corrected chi connectivity index (χ4v) is 3.09. The van der Waals surface area contributed by atoms with E-state index in [0.29, 0.717) is 18.2 Å². The number of pyridine rings is 1. The van der Waals surface area contributed by atoms with E-state index in [2.05, 4.69) is 18.8 Å². The highest BCUT2D eigenvalue weighted by Gasteiger charge is 2.11. The van der Waals surface area contributed by atoms with Crippen molar-refractivity contribution >= 4 is 10.1 Å². The smallest absolute Gasteiger partial charge is 0.226 e. The van der Waals surface area contributed by atoms with Gasteiger partial charge >= 0.3 is 0 Å². The van der Waals surface area contributed by atoms with Gasteiger partial charge in [-0.25, -0.2) is 18.0 Å². The Labute approximate surface area is 152 Å². The molecule has 6 nitrogen and oxygen atoms in total. The van der Waals surface area contributed by atoms with Crippen LogP contribution in [0.25, 0.3) is 22.8 Å². The molecule has 2 aromatic heterocycles. The molecule has 0 unspecified atom stereocenters. The third kappa shape index (κ3) is 4.56. The summed E-state index contributed by atoms with van der Waals surface area (Å²) in [6, 6.07) is 9.82. The van der Waals surface area contributed by atoms with Crippen molar-refractivity contribution in [1.82, 2.24) is 4.98 Å². The summed E-state index contributed by atoms with van der Waals surface area (Å²) < 4.78 is 39.6. The minimum atomic E-state index is -4.16. The van der Waals surface area contributed by atoms with Crippen molar-refractivity contribution in [3.05, 3.63) is 60.0 Å². The molecule has 1 aromatic carbocycles. The molecule has 0 aliphatic carbocycles. The zero-order valence-corrected chi connectivity index (χ0v) is 15.5. The molecule has 0 N–H and O–H groups in total. The number of hydrogen-bond acceptors (Lipinski definition) is 5. The minimum absolute atomic E-state index is 0.287. The first kappa shape index (κ1) is 18.3. The van der Waals surface area contributed by atoms with Crippen molar-refractivity contribution in [3.8, 4) is 22.8 Å². The zero-order valence-electron chi connectivity index (χ0n) is 14.7. The predicted octanol–water partition coefficient (Wildman–Crippen LogP) is 2.85. The van der Waals surface area contributed by atoms with E-state index in [1.54, 1.807) is 6.20 Å². The Morgan fingerprint density at radius 3 is 2.46 bits per heavy atom. The Morgan fingerprint density at radius 2 is 1.81 bits per heavy atom. The molecular weight excluding hydrogens is 352 g/mol. The van der Waals surface area contributed by atoms with Gasteiger partial charge in [0, 0.05) is 35.4 Å². The number of oxazole rings is 1. The molecular formula is C19H20N2O4S. The van der Waals surface area contributed by atoms with Crippen molar-refractivity contribution in [2.75, 3.05) is 5.75 Å². The molecule has 2 heterocycles. The van der Waals surface area contributed by atoms with Crippen LogP contribution >= 0.6 is 0 Å². The van der Waals surface area contributed by atoms with E-state index in [1.165, 1.54) is 11.1 Å². The zero-order chi connectivity index (χ0) is 18.7. The van der Waals surface area contributed by atoms with E-state index in [0.717, 1.165) is 11.1 Å². The highest BCUT2D eigenvalue weighted by atomic mass is 32.2. The van der Waals surface area contributed by atoms with Crippen LogP contribution in [-0.4, -0.2) is 23.7 Å². The average molecular weight is 372 g/mol. The van der Waals surface area contributed by atoms with Crippen LogP contribution in [0.1, 0.15) is 17.5 Å². The molecule has 3 rings (SSSR count). The summed E-state index contributed by atoms with van der Waals surface area (Å²) >= 11 is 0. The molecule has 136 valence electrons. The van der Waals surface area contributed by atoms with Crippen LogP contribution in [0.15, 0.2) is 53.3 Å². The molecule has 0 radical (unpaired) electrons. The fourth-order valence-electron chi connectivity index (χ4n) is 2.61. The molecule has 0 saturated carbocycles. The summed E-state index contributed by atoms with van der Waals surface area (Å²) in [6.07, 6.45) is 5.62. The molecule has 0 saturated heterocycles. The molecule has 0 atom stereocenters. The maximum absolute atomic E-state index is 10.6. The third-order valence-electron chi connectivity index (χ3n) is 4.25. The van der Waals surface area contributed by atoms with E-state index in [1.807, 2.05) is 47.3 Å². The Morgan fingerprint density at radius 1 is 1.08 bits per heavy atom. The second-order valence-corrected chi connectivity index (χ2v) is 7.79. The van der Waals surface area contributed by atoms with Crippen LogP contribution in [0, 0.1) is 13.8 Å². The molecule has 0 amide bonds.